The number of hydrogen-bond acceptors (Lipinski definition) is 8. The van der Waals surface area contributed by atoms with E-state index in [9.17, 15) is 4.79 Å². The second-order valence-corrected chi connectivity index (χ2v) is 8.68. The van der Waals surface area contributed by atoms with Gasteiger partial charge in [0, 0.05) is 41.5 Å². The van der Waals surface area contributed by atoms with E-state index in [-0.39, 0.29) is 5.91 Å². The van der Waals surface area contributed by atoms with Gasteiger partial charge < -0.3 is 31.3 Å². The molecule has 184 valence electrons. The molecule has 0 spiro atoms. The molecule has 2 aromatic carbocycles. The van der Waals surface area contributed by atoms with Crippen LogP contribution in [0.15, 0.2) is 79.7 Å². The Morgan fingerprint density at radius 3 is 2.94 bits per heavy atom. The standard InChI is InChI=1S/C27H29N7O2/c1-3-24(35)34-27(12-4-5-13-30-27)21-8-6-7-18-16-29-26(33-25(18)21)32-22-10-9-19(15-23(22)36-2)31-20-11-14-28-17-20/h3-10,12-13,15-16,20,28,30-31H,1,11,14,17H2,2H3,(H,34,35)(H,29,32,33). The molecular weight excluding hydrogens is 454 g/mol. The molecule has 1 aromatic heterocycles. The third-order valence-corrected chi connectivity index (χ3v) is 6.29. The van der Waals surface area contributed by atoms with Crippen molar-refractivity contribution in [3.63, 3.8) is 0 Å². The molecule has 3 aromatic rings. The maximum atomic E-state index is 12.3. The lowest BCUT2D eigenvalue weighted by molar-refractivity contribution is -0.118. The van der Waals surface area contributed by atoms with Crippen molar-refractivity contribution in [1.29, 1.82) is 0 Å². The Bertz CT molecular complexity index is 1350. The van der Waals surface area contributed by atoms with Crippen molar-refractivity contribution in [3.8, 4) is 5.75 Å². The van der Waals surface area contributed by atoms with E-state index in [1.54, 1.807) is 19.5 Å². The number of amides is 1. The van der Waals surface area contributed by atoms with Gasteiger partial charge in [-0.1, -0.05) is 30.9 Å². The topological polar surface area (TPSA) is 112 Å². The van der Waals surface area contributed by atoms with E-state index < -0.39 is 5.66 Å². The number of nitrogens with one attached hydrogen (secondary N) is 5. The zero-order valence-electron chi connectivity index (χ0n) is 20.0. The number of rotatable bonds is 8. The van der Waals surface area contributed by atoms with Crippen LogP contribution in [0.1, 0.15) is 12.0 Å². The molecule has 5 rings (SSSR count). The summed E-state index contributed by atoms with van der Waals surface area (Å²) in [6, 6.07) is 12.1. The summed E-state index contributed by atoms with van der Waals surface area (Å²) in [5, 5.41) is 17.3. The third kappa shape index (κ3) is 4.73. The molecule has 5 N–H and O–H groups in total. The molecule has 1 fully saturated rings. The van der Waals surface area contributed by atoms with Crippen molar-refractivity contribution in [2.75, 3.05) is 30.8 Å². The molecule has 3 heterocycles. The minimum atomic E-state index is -0.981. The van der Waals surface area contributed by atoms with E-state index in [4.69, 9.17) is 9.72 Å². The Morgan fingerprint density at radius 2 is 2.19 bits per heavy atom. The molecule has 2 unspecified atom stereocenters. The van der Waals surface area contributed by atoms with E-state index in [2.05, 4.69) is 38.1 Å². The maximum Gasteiger partial charge on any atom is 0.245 e. The molecule has 9 nitrogen and oxygen atoms in total. The van der Waals surface area contributed by atoms with Crippen molar-refractivity contribution < 1.29 is 9.53 Å². The molecule has 2 aliphatic rings. The summed E-state index contributed by atoms with van der Waals surface area (Å²) in [6.07, 6.45) is 11.5. The quantitative estimate of drug-likeness (QED) is 0.311. The minimum absolute atomic E-state index is 0.307. The molecule has 0 bridgehead atoms. The number of aromatic nitrogens is 2. The van der Waals surface area contributed by atoms with Gasteiger partial charge in [-0.2, -0.15) is 0 Å². The van der Waals surface area contributed by atoms with Gasteiger partial charge >= 0.3 is 0 Å². The molecule has 0 aliphatic carbocycles. The lowest BCUT2D eigenvalue weighted by Crippen LogP contribution is -2.53. The molecule has 0 saturated carbocycles. The highest BCUT2D eigenvalue weighted by Crippen LogP contribution is 2.32. The zero-order valence-corrected chi connectivity index (χ0v) is 20.0. The number of para-hydroxylation sites is 1. The SMILES string of the molecule is C=CC(=O)NC1(c2cccc3cnc(Nc4ccc(NC5CCNC5)cc4OC)nc23)C=CC=CN1. The van der Waals surface area contributed by atoms with E-state index in [0.29, 0.717) is 23.3 Å². The summed E-state index contributed by atoms with van der Waals surface area (Å²) in [4.78, 5) is 21.7. The maximum absolute atomic E-state index is 12.3. The van der Waals surface area contributed by atoms with E-state index in [0.717, 1.165) is 41.8 Å². The predicted molar refractivity (Wildman–Crippen MR) is 142 cm³/mol. The van der Waals surface area contributed by atoms with Gasteiger partial charge in [0.2, 0.25) is 11.9 Å². The van der Waals surface area contributed by atoms with Gasteiger partial charge in [-0.3, -0.25) is 4.79 Å². The molecule has 2 aliphatic heterocycles. The zero-order chi connectivity index (χ0) is 25.0. The number of nitrogens with zero attached hydrogens (tertiary/aromatic N) is 2. The van der Waals surface area contributed by atoms with E-state index >= 15 is 0 Å². The summed E-state index contributed by atoms with van der Waals surface area (Å²) in [5.41, 5.74) is 2.23. The van der Waals surface area contributed by atoms with Crippen LogP contribution in [0.3, 0.4) is 0 Å². The van der Waals surface area contributed by atoms with Gasteiger partial charge in [0.15, 0.2) is 5.66 Å². The first-order chi connectivity index (χ1) is 17.6. The van der Waals surface area contributed by atoms with Crippen molar-refractivity contribution in [2.24, 2.45) is 0 Å². The average molecular weight is 484 g/mol. The van der Waals surface area contributed by atoms with Crippen LogP contribution in [-0.4, -0.2) is 42.1 Å². The van der Waals surface area contributed by atoms with Crippen molar-refractivity contribution in [3.05, 3.63) is 85.2 Å². The van der Waals surface area contributed by atoms with Gasteiger partial charge in [0.05, 0.1) is 18.3 Å². The first kappa shape index (κ1) is 23.4. The lowest BCUT2D eigenvalue weighted by atomic mass is 9.94. The van der Waals surface area contributed by atoms with Gasteiger partial charge in [-0.15, -0.1) is 0 Å². The largest absolute Gasteiger partial charge is 0.494 e. The van der Waals surface area contributed by atoms with Crippen LogP contribution < -0.4 is 31.3 Å². The number of hydrogen-bond donors (Lipinski definition) is 5. The molecule has 36 heavy (non-hydrogen) atoms. The highest BCUT2D eigenvalue weighted by Gasteiger charge is 2.33. The van der Waals surface area contributed by atoms with Crippen molar-refractivity contribution in [1.82, 2.24) is 25.9 Å². The molecule has 9 heteroatoms. The number of carbonyl (C=O) groups is 1. The summed E-state index contributed by atoms with van der Waals surface area (Å²) < 4.78 is 5.64. The first-order valence-electron chi connectivity index (χ1n) is 11.9. The smallest absolute Gasteiger partial charge is 0.245 e. The second-order valence-electron chi connectivity index (χ2n) is 8.68. The fourth-order valence-corrected chi connectivity index (χ4v) is 4.49. The number of ether oxygens (including phenoxy) is 1. The predicted octanol–water partition coefficient (Wildman–Crippen LogP) is 3.28. The Kier molecular flexibility index (Phi) is 6.55. The molecule has 1 amide bonds. The molecule has 0 radical (unpaired) electrons. The van der Waals surface area contributed by atoms with Crippen LogP contribution >= 0.6 is 0 Å². The average Bonchev–Trinajstić information content (AvgIpc) is 3.42. The number of allylic oxidation sites excluding steroid dienone is 2. The normalized spacial score (nSPS) is 20.5. The number of anilines is 3. The third-order valence-electron chi connectivity index (χ3n) is 6.29. The Balaban J connectivity index is 1.48. The molecular formula is C27H29N7O2. The number of dihydropyridines is 1. The number of carbonyl (C=O) groups excluding carboxylic acids is 1. The number of fused-ring (bicyclic) bond motifs is 1. The van der Waals surface area contributed by atoms with Gasteiger partial charge in [-0.25, -0.2) is 9.97 Å². The van der Waals surface area contributed by atoms with Crippen LogP contribution in [0.2, 0.25) is 0 Å². The molecule has 1 saturated heterocycles. The first-order valence-corrected chi connectivity index (χ1v) is 11.9. The van der Waals surface area contributed by atoms with Gasteiger partial charge in [0.25, 0.3) is 0 Å². The number of benzene rings is 2. The summed E-state index contributed by atoms with van der Waals surface area (Å²) in [7, 11) is 1.64. The van der Waals surface area contributed by atoms with Gasteiger partial charge in [0.1, 0.15) is 5.75 Å². The van der Waals surface area contributed by atoms with Crippen LogP contribution in [0.25, 0.3) is 10.9 Å². The Hall–Kier alpha value is -4.37. The summed E-state index contributed by atoms with van der Waals surface area (Å²) in [5.74, 6) is 0.785. The summed E-state index contributed by atoms with van der Waals surface area (Å²) in [6.45, 7) is 5.56. The Morgan fingerprint density at radius 1 is 1.28 bits per heavy atom. The highest BCUT2D eigenvalue weighted by molar-refractivity contribution is 5.90. The van der Waals surface area contributed by atoms with Gasteiger partial charge in [-0.05, 0) is 49.5 Å². The number of methoxy groups -OCH3 is 1. The van der Waals surface area contributed by atoms with Crippen LogP contribution in [0.5, 0.6) is 5.75 Å². The van der Waals surface area contributed by atoms with E-state index in [1.165, 1.54) is 6.08 Å². The fraction of sp³-hybridized carbons (Fsp3) is 0.222. The van der Waals surface area contributed by atoms with E-state index in [1.807, 2.05) is 54.6 Å². The minimum Gasteiger partial charge on any atom is -0.494 e. The highest BCUT2D eigenvalue weighted by atomic mass is 16.5. The van der Waals surface area contributed by atoms with Crippen molar-refractivity contribution >= 4 is 34.1 Å². The van der Waals surface area contributed by atoms with Crippen LogP contribution in [0.4, 0.5) is 17.3 Å². The van der Waals surface area contributed by atoms with Crippen LogP contribution in [0, 0.1) is 0 Å². The Labute approximate surface area is 209 Å². The van der Waals surface area contributed by atoms with Crippen LogP contribution in [-0.2, 0) is 10.5 Å². The second kappa shape index (κ2) is 10.1. The monoisotopic (exact) mass is 483 g/mol. The molecule has 2 atom stereocenters. The lowest BCUT2D eigenvalue weighted by Gasteiger charge is -2.34. The van der Waals surface area contributed by atoms with Crippen molar-refractivity contribution in [2.45, 2.75) is 18.1 Å². The summed E-state index contributed by atoms with van der Waals surface area (Å²) >= 11 is 0. The fourth-order valence-electron chi connectivity index (χ4n) is 4.49.